The molecular formula is C24H31N5O8S2. The number of anilines is 1. The highest BCUT2D eigenvalue weighted by atomic mass is 32.2. The van der Waals surface area contributed by atoms with Crippen LogP contribution in [0.25, 0.3) is 0 Å². The lowest BCUT2D eigenvalue weighted by atomic mass is 9.86. The molecule has 1 aromatic rings. The van der Waals surface area contributed by atoms with E-state index in [2.05, 4.69) is 15.5 Å². The number of oxime groups is 1. The quantitative estimate of drug-likeness (QED) is 0.0778. The highest BCUT2D eigenvalue weighted by Gasteiger charge is 2.57. The molecule has 4 rings (SSSR count). The molecule has 3 fully saturated rings. The van der Waals surface area contributed by atoms with Crippen LogP contribution in [0, 0.1) is 5.41 Å². The van der Waals surface area contributed by atoms with E-state index in [0.717, 1.165) is 43.4 Å². The molecule has 3 heterocycles. The molecule has 3 aliphatic rings. The Hall–Kier alpha value is -3.33. The third kappa shape index (κ3) is 6.30. The van der Waals surface area contributed by atoms with Crippen LogP contribution in [0.15, 0.2) is 22.7 Å². The molecule has 2 saturated heterocycles. The van der Waals surface area contributed by atoms with Crippen molar-refractivity contribution >= 4 is 57.9 Å². The van der Waals surface area contributed by atoms with Crippen LogP contribution >= 0.6 is 23.1 Å². The van der Waals surface area contributed by atoms with Crippen molar-refractivity contribution in [3.05, 3.63) is 23.2 Å². The lowest BCUT2D eigenvalue weighted by Gasteiger charge is -2.53. The Kier molecular flexibility index (Phi) is 9.00. The van der Waals surface area contributed by atoms with Gasteiger partial charge in [0.1, 0.15) is 28.6 Å². The molecule has 39 heavy (non-hydrogen) atoms. The van der Waals surface area contributed by atoms with E-state index >= 15 is 0 Å². The van der Waals surface area contributed by atoms with Crippen LogP contribution in [0.1, 0.15) is 51.6 Å². The fourth-order valence-corrected chi connectivity index (χ4v) is 6.86. The van der Waals surface area contributed by atoms with Crippen LogP contribution < -0.4 is 11.1 Å². The van der Waals surface area contributed by atoms with Gasteiger partial charge in [-0.25, -0.2) is 9.78 Å². The summed E-state index contributed by atoms with van der Waals surface area (Å²) in [5.74, 6) is -1.59. The number of aromatic nitrogens is 1. The third-order valence-electron chi connectivity index (χ3n) is 6.71. The number of esters is 1. The fraction of sp³-hybridized carbons (Fsp3) is 0.583. The number of ether oxygens (including phenoxy) is 3. The molecule has 3 unspecified atom stereocenters. The number of hydrogen-bond donors (Lipinski definition) is 3. The standard InChI is InChI=1S/C24H31N5O8S2/c1-3-9-24(21(32)35-13(2)36-23(33)37-14-7-5-4-6-8-14)11-29-19(31)17(20(29)39-12-24)27-18(30)16(28-34)15-10-38-22(25)26-15/h3,9-10,13-14,17,20,34H,4-8,11-12H2,1-2H3,(H2,25,26)(H,27,30)/t13?,17?,20-,24?/m1/s1. The Morgan fingerprint density at radius 2 is 2.05 bits per heavy atom. The van der Waals surface area contributed by atoms with Crippen molar-refractivity contribution in [3.8, 4) is 0 Å². The van der Waals surface area contributed by atoms with Gasteiger partial charge in [-0.05, 0) is 32.6 Å². The van der Waals surface area contributed by atoms with Crippen LogP contribution in [0.3, 0.4) is 0 Å². The van der Waals surface area contributed by atoms with Gasteiger partial charge < -0.3 is 35.4 Å². The number of hydrogen-bond acceptors (Lipinski definition) is 13. The van der Waals surface area contributed by atoms with Gasteiger partial charge in [0.15, 0.2) is 10.8 Å². The smallest absolute Gasteiger partial charge is 0.431 e. The summed E-state index contributed by atoms with van der Waals surface area (Å²) in [5.41, 5.74) is 4.13. The lowest BCUT2D eigenvalue weighted by molar-refractivity contribution is -0.180. The van der Waals surface area contributed by atoms with E-state index in [4.69, 9.17) is 19.9 Å². The molecule has 1 aromatic heterocycles. The molecule has 0 spiro atoms. The first-order valence-corrected chi connectivity index (χ1v) is 14.5. The van der Waals surface area contributed by atoms with Gasteiger partial charge in [-0.2, -0.15) is 0 Å². The molecule has 212 valence electrons. The van der Waals surface area contributed by atoms with Gasteiger partial charge in [-0.15, -0.1) is 23.1 Å². The number of carbonyl (C=O) groups is 4. The van der Waals surface area contributed by atoms with Crippen molar-refractivity contribution in [1.29, 1.82) is 0 Å². The SMILES string of the molecule is CC=CC1(C(=O)OC(C)OC(=O)OC2CCCCC2)CS[C@@H]2C(NC(=O)C(=NO)c3csc(N)n3)C(=O)N2C1. The van der Waals surface area contributed by atoms with Gasteiger partial charge in [0.2, 0.25) is 12.2 Å². The zero-order valence-corrected chi connectivity index (χ0v) is 23.2. The summed E-state index contributed by atoms with van der Waals surface area (Å²) in [4.78, 5) is 56.4. The number of fused-ring (bicyclic) bond motifs is 1. The van der Waals surface area contributed by atoms with Crippen molar-refractivity contribution in [2.75, 3.05) is 18.0 Å². The van der Waals surface area contributed by atoms with E-state index in [9.17, 15) is 24.4 Å². The molecule has 0 aromatic carbocycles. The van der Waals surface area contributed by atoms with E-state index in [1.165, 1.54) is 29.0 Å². The number of β-lactam (4-membered cyclic amide) rings is 1. The first-order valence-electron chi connectivity index (χ1n) is 12.6. The number of nitrogens with one attached hydrogen (secondary N) is 1. The molecular weight excluding hydrogens is 550 g/mol. The number of carbonyl (C=O) groups excluding carboxylic acids is 4. The largest absolute Gasteiger partial charge is 0.511 e. The van der Waals surface area contributed by atoms with E-state index in [0.29, 0.717) is 0 Å². The minimum atomic E-state index is -1.19. The number of nitrogens with two attached hydrogens (primary N) is 1. The summed E-state index contributed by atoms with van der Waals surface area (Å²) < 4.78 is 15.9. The van der Waals surface area contributed by atoms with Crippen molar-refractivity contribution in [1.82, 2.24) is 15.2 Å². The van der Waals surface area contributed by atoms with Crippen molar-refractivity contribution < 1.29 is 38.6 Å². The van der Waals surface area contributed by atoms with Gasteiger partial charge in [0.05, 0.1) is 0 Å². The predicted molar refractivity (Wildman–Crippen MR) is 142 cm³/mol. The number of nitrogens with zero attached hydrogens (tertiary/aromatic N) is 3. The zero-order valence-electron chi connectivity index (χ0n) is 21.5. The van der Waals surface area contributed by atoms with Crippen LogP contribution in [-0.2, 0) is 28.6 Å². The second-order valence-electron chi connectivity index (χ2n) is 9.51. The molecule has 2 amide bonds. The normalized spacial score (nSPS) is 26.4. The summed E-state index contributed by atoms with van der Waals surface area (Å²) >= 11 is 2.37. The average molecular weight is 582 g/mol. The second-order valence-corrected chi connectivity index (χ2v) is 11.5. The van der Waals surface area contributed by atoms with E-state index in [1.807, 2.05) is 0 Å². The highest BCUT2D eigenvalue weighted by Crippen LogP contribution is 2.43. The third-order valence-corrected chi connectivity index (χ3v) is 8.94. The summed E-state index contributed by atoms with van der Waals surface area (Å²) in [6.07, 6.45) is 5.74. The summed E-state index contributed by atoms with van der Waals surface area (Å²) in [5, 5.41) is 16.1. The average Bonchev–Trinajstić information content (AvgIpc) is 3.33. The summed E-state index contributed by atoms with van der Waals surface area (Å²) in [7, 11) is 0. The molecule has 4 atom stereocenters. The fourth-order valence-electron chi connectivity index (χ4n) is 4.80. The van der Waals surface area contributed by atoms with Gasteiger partial charge in [-0.1, -0.05) is 23.7 Å². The summed E-state index contributed by atoms with van der Waals surface area (Å²) in [6.45, 7) is 3.19. The van der Waals surface area contributed by atoms with Gasteiger partial charge >= 0.3 is 12.1 Å². The molecule has 13 nitrogen and oxygen atoms in total. The Morgan fingerprint density at radius 3 is 2.69 bits per heavy atom. The van der Waals surface area contributed by atoms with Gasteiger partial charge in [-0.3, -0.25) is 14.4 Å². The molecule has 15 heteroatoms. The molecule has 0 bridgehead atoms. The number of amides is 2. The van der Waals surface area contributed by atoms with Gasteiger partial charge in [0, 0.05) is 24.6 Å². The second kappa shape index (κ2) is 12.2. The maximum Gasteiger partial charge on any atom is 0.511 e. The van der Waals surface area contributed by atoms with Crippen molar-refractivity contribution in [2.45, 2.75) is 69.8 Å². The molecule has 1 aliphatic carbocycles. The van der Waals surface area contributed by atoms with Gasteiger partial charge in [0.25, 0.3) is 5.91 Å². The molecule has 0 radical (unpaired) electrons. The summed E-state index contributed by atoms with van der Waals surface area (Å²) in [6, 6.07) is -0.883. The minimum absolute atomic E-state index is 0.0157. The molecule has 2 aliphatic heterocycles. The number of rotatable bonds is 8. The number of allylic oxidation sites excluding steroid dienone is 1. The van der Waals surface area contributed by atoms with Crippen LogP contribution in [-0.4, -0.2) is 80.8 Å². The Labute approximate surface area is 233 Å². The molecule has 4 N–H and O–H groups in total. The monoisotopic (exact) mass is 581 g/mol. The Bertz CT molecular complexity index is 1170. The Balaban J connectivity index is 1.34. The minimum Gasteiger partial charge on any atom is -0.431 e. The highest BCUT2D eigenvalue weighted by molar-refractivity contribution is 8.00. The number of thiazole rings is 1. The van der Waals surface area contributed by atoms with Crippen LogP contribution in [0.5, 0.6) is 0 Å². The lowest BCUT2D eigenvalue weighted by Crippen LogP contribution is -2.74. The first kappa shape index (κ1) is 28.7. The van der Waals surface area contributed by atoms with E-state index < -0.39 is 47.1 Å². The van der Waals surface area contributed by atoms with E-state index in [1.54, 1.807) is 19.1 Å². The van der Waals surface area contributed by atoms with Crippen LogP contribution in [0.2, 0.25) is 0 Å². The number of thioether (sulfide) groups is 1. The van der Waals surface area contributed by atoms with Crippen molar-refractivity contribution in [3.63, 3.8) is 0 Å². The predicted octanol–water partition coefficient (Wildman–Crippen LogP) is 2.24. The zero-order chi connectivity index (χ0) is 28.2. The maximum atomic E-state index is 13.2. The maximum absolute atomic E-state index is 13.2. The molecule has 1 saturated carbocycles. The van der Waals surface area contributed by atoms with Crippen molar-refractivity contribution in [2.24, 2.45) is 10.6 Å². The number of nitrogen functional groups attached to an aromatic ring is 1. The first-order chi connectivity index (χ1) is 18.7. The Morgan fingerprint density at radius 1 is 1.31 bits per heavy atom. The van der Waals surface area contributed by atoms with E-state index in [-0.39, 0.29) is 34.9 Å². The topological polar surface area (TPSA) is 183 Å². The van der Waals surface area contributed by atoms with Crippen LogP contribution in [0.4, 0.5) is 9.93 Å².